The Labute approximate surface area is 205 Å². The van der Waals surface area contributed by atoms with Gasteiger partial charge in [0.1, 0.15) is 0 Å². The van der Waals surface area contributed by atoms with Crippen LogP contribution in [0.15, 0.2) is 72.8 Å². The molecule has 3 aromatic rings. The monoisotopic (exact) mass is 476 g/mol. The van der Waals surface area contributed by atoms with E-state index in [9.17, 15) is 9.59 Å². The van der Waals surface area contributed by atoms with Crippen molar-refractivity contribution < 1.29 is 9.59 Å². The Hall–Kier alpha value is -3.51. The van der Waals surface area contributed by atoms with E-state index in [0.717, 1.165) is 29.8 Å². The van der Waals surface area contributed by atoms with Crippen LogP contribution >= 0.6 is 11.6 Å². The van der Waals surface area contributed by atoms with E-state index in [1.807, 2.05) is 44.4 Å². The summed E-state index contributed by atoms with van der Waals surface area (Å²) in [6, 6.07) is 23.8. The molecule has 1 heterocycles. The molecule has 34 heavy (non-hydrogen) atoms. The minimum Gasteiger partial charge on any atom is -0.378 e. The van der Waals surface area contributed by atoms with Crippen molar-refractivity contribution in [3.63, 3.8) is 0 Å². The summed E-state index contributed by atoms with van der Waals surface area (Å²) in [6.45, 7) is 1.36. The van der Waals surface area contributed by atoms with E-state index in [1.165, 1.54) is 11.3 Å². The number of anilines is 2. The fourth-order valence-electron chi connectivity index (χ4n) is 4.26. The van der Waals surface area contributed by atoms with Crippen LogP contribution in [0.25, 0.3) is 0 Å². The third kappa shape index (κ3) is 5.34. The normalized spacial score (nSPS) is 13.2. The molecule has 1 aliphatic rings. The van der Waals surface area contributed by atoms with Gasteiger partial charge in [-0.15, -0.1) is 0 Å². The minimum absolute atomic E-state index is 0.0971. The highest BCUT2D eigenvalue weighted by Crippen LogP contribution is 2.35. The molecule has 0 radical (unpaired) electrons. The second kappa shape index (κ2) is 10.6. The van der Waals surface area contributed by atoms with E-state index in [0.29, 0.717) is 11.6 Å². The fourth-order valence-corrected chi connectivity index (χ4v) is 4.46. The van der Waals surface area contributed by atoms with Gasteiger partial charge in [0.15, 0.2) is 0 Å². The van der Waals surface area contributed by atoms with Crippen LogP contribution in [-0.4, -0.2) is 39.0 Å². The van der Waals surface area contributed by atoms with E-state index in [1.54, 1.807) is 6.07 Å². The van der Waals surface area contributed by atoms with Crippen LogP contribution in [0.4, 0.5) is 11.4 Å². The van der Waals surface area contributed by atoms with Crippen molar-refractivity contribution >= 4 is 34.8 Å². The number of para-hydroxylation sites is 1. The van der Waals surface area contributed by atoms with Crippen LogP contribution < -0.4 is 20.4 Å². The van der Waals surface area contributed by atoms with Crippen LogP contribution in [0.3, 0.4) is 0 Å². The predicted octanol–water partition coefficient (Wildman–Crippen LogP) is 3.94. The molecule has 176 valence electrons. The number of fused-ring (bicyclic) bond motifs is 1. The first-order valence-corrected chi connectivity index (χ1v) is 11.7. The Balaban J connectivity index is 1.47. The summed E-state index contributed by atoms with van der Waals surface area (Å²) in [5.74, 6) is -1.34. The molecule has 1 atom stereocenters. The molecule has 7 heteroatoms. The zero-order valence-electron chi connectivity index (χ0n) is 19.4. The molecule has 0 spiro atoms. The van der Waals surface area contributed by atoms with Crippen molar-refractivity contribution in [2.45, 2.75) is 19.0 Å². The molecule has 1 aliphatic heterocycles. The number of hydrogen-bond acceptors (Lipinski definition) is 4. The van der Waals surface area contributed by atoms with E-state index in [4.69, 9.17) is 11.6 Å². The predicted molar refractivity (Wildman–Crippen MR) is 137 cm³/mol. The van der Waals surface area contributed by atoms with Crippen molar-refractivity contribution in [2.24, 2.45) is 0 Å². The molecule has 0 aliphatic carbocycles. The first-order chi connectivity index (χ1) is 16.4. The molecular weight excluding hydrogens is 448 g/mol. The Morgan fingerprint density at radius 3 is 2.35 bits per heavy atom. The van der Waals surface area contributed by atoms with Gasteiger partial charge in [-0.05, 0) is 47.4 Å². The quantitative estimate of drug-likeness (QED) is 0.507. The molecule has 1 unspecified atom stereocenters. The zero-order valence-corrected chi connectivity index (χ0v) is 20.2. The minimum atomic E-state index is -0.677. The SMILES string of the molecule is CN(C)c1ccc(C(CNC(=O)C(=O)NCc2ccccc2Cl)N2CCc3ccccc32)cc1. The smallest absolute Gasteiger partial charge is 0.309 e. The van der Waals surface area contributed by atoms with Gasteiger partial charge in [0.25, 0.3) is 0 Å². The zero-order chi connectivity index (χ0) is 24.1. The molecule has 0 saturated heterocycles. The summed E-state index contributed by atoms with van der Waals surface area (Å²) in [7, 11) is 4.01. The Morgan fingerprint density at radius 2 is 1.62 bits per heavy atom. The largest absolute Gasteiger partial charge is 0.378 e. The maximum absolute atomic E-state index is 12.6. The second-order valence-electron chi connectivity index (χ2n) is 8.56. The van der Waals surface area contributed by atoms with Crippen molar-refractivity contribution in [1.82, 2.24) is 10.6 Å². The highest BCUT2D eigenvalue weighted by Gasteiger charge is 2.28. The molecular formula is C27H29ClN4O2. The number of carbonyl (C=O) groups is 2. The Kier molecular flexibility index (Phi) is 7.38. The molecule has 2 amide bonds. The third-order valence-corrected chi connectivity index (χ3v) is 6.52. The number of halogens is 1. The highest BCUT2D eigenvalue weighted by molar-refractivity contribution is 6.35. The van der Waals surface area contributed by atoms with E-state index >= 15 is 0 Å². The van der Waals surface area contributed by atoms with Crippen LogP contribution in [0.5, 0.6) is 0 Å². The Bertz CT molecular complexity index is 1160. The van der Waals surface area contributed by atoms with Gasteiger partial charge in [0, 0.05) is 50.1 Å². The van der Waals surface area contributed by atoms with Gasteiger partial charge in [0.2, 0.25) is 0 Å². The maximum Gasteiger partial charge on any atom is 0.309 e. The topological polar surface area (TPSA) is 64.7 Å². The average molecular weight is 477 g/mol. The third-order valence-electron chi connectivity index (χ3n) is 6.15. The molecule has 3 aromatic carbocycles. The van der Waals surface area contributed by atoms with Crippen molar-refractivity contribution in [3.8, 4) is 0 Å². The van der Waals surface area contributed by atoms with Crippen LogP contribution in [0.1, 0.15) is 22.7 Å². The van der Waals surface area contributed by atoms with Gasteiger partial charge in [-0.1, -0.05) is 60.1 Å². The number of hydrogen-bond donors (Lipinski definition) is 2. The van der Waals surface area contributed by atoms with Gasteiger partial charge in [-0.25, -0.2) is 0 Å². The molecule has 0 bridgehead atoms. The number of nitrogens with one attached hydrogen (secondary N) is 2. The maximum atomic E-state index is 12.6. The van der Waals surface area contributed by atoms with Crippen LogP contribution in [0, 0.1) is 0 Å². The first kappa shape index (κ1) is 23.6. The van der Waals surface area contributed by atoms with Crippen LogP contribution in [-0.2, 0) is 22.6 Å². The standard InChI is InChI=1S/C27H29ClN4O2/c1-31(2)22-13-11-20(12-14-22)25(32-16-15-19-7-4-6-10-24(19)32)18-30-27(34)26(33)29-17-21-8-3-5-9-23(21)28/h3-14,25H,15-18H2,1-2H3,(H,29,33)(H,30,34). The summed E-state index contributed by atoms with van der Waals surface area (Å²) < 4.78 is 0. The second-order valence-corrected chi connectivity index (χ2v) is 8.97. The summed E-state index contributed by atoms with van der Waals surface area (Å²) in [6.07, 6.45) is 0.953. The molecule has 2 N–H and O–H groups in total. The number of carbonyl (C=O) groups excluding carboxylic acids is 2. The summed E-state index contributed by atoms with van der Waals surface area (Å²) in [5, 5.41) is 6.05. The van der Waals surface area contributed by atoms with E-state index in [2.05, 4.69) is 56.8 Å². The highest BCUT2D eigenvalue weighted by atomic mass is 35.5. The van der Waals surface area contributed by atoms with Gasteiger partial charge in [-0.3, -0.25) is 9.59 Å². The number of rotatable bonds is 7. The van der Waals surface area contributed by atoms with Crippen molar-refractivity contribution in [3.05, 3.63) is 94.5 Å². The lowest BCUT2D eigenvalue weighted by Crippen LogP contribution is -2.44. The number of benzene rings is 3. The molecule has 0 saturated carbocycles. The number of amides is 2. The van der Waals surface area contributed by atoms with Gasteiger partial charge < -0.3 is 20.4 Å². The molecule has 0 fully saturated rings. The van der Waals surface area contributed by atoms with Crippen LogP contribution in [0.2, 0.25) is 5.02 Å². The van der Waals surface area contributed by atoms with Crippen molar-refractivity contribution in [2.75, 3.05) is 37.0 Å². The number of nitrogens with zero attached hydrogens (tertiary/aromatic N) is 2. The van der Waals surface area contributed by atoms with Gasteiger partial charge in [-0.2, -0.15) is 0 Å². The fraction of sp³-hybridized carbons (Fsp3) is 0.259. The Morgan fingerprint density at radius 1 is 0.941 bits per heavy atom. The van der Waals surface area contributed by atoms with Gasteiger partial charge in [0.05, 0.1) is 6.04 Å². The molecule has 0 aromatic heterocycles. The lowest BCUT2D eigenvalue weighted by molar-refractivity contribution is -0.139. The van der Waals surface area contributed by atoms with Gasteiger partial charge >= 0.3 is 11.8 Å². The van der Waals surface area contributed by atoms with E-state index < -0.39 is 11.8 Å². The summed E-state index contributed by atoms with van der Waals surface area (Å²) >= 11 is 6.14. The lowest BCUT2D eigenvalue weighted by Gasteiger charge is -2.31. The van der Waals surface area contributed by atoms with Crippen molar-refractivity contribution in [1.29, 1.82) is 0 Å². The summed E-state index contributed by atoms with van der Waals surface area (Å²) in [5.41, 5.74) is 5.41. The average Bonchev–Trinajstić information content (AvgIpc) is 3.27. The first-order valence-electron chi connectivity index (χ1n) is 11.4. The molecule has 4 rings (SSSR count). The van der Waals surface area contributed by atoms with E-state index in [-0.39, 0.29) is 12.6 Å². The molecule has 6 nitrogen and oxygen atoms in total. The summed E-state index contributed by atoms with van der Waals surface area (Å²) in [4.78, 5) is 29.4. The lowest BCUT2D eigenvalue weighted by atomic mass is 10.0.